The highest BCUT2D eigenvalue weighted by Gasteiger charge is 2.32. The summed E-state index contributed by atoms with van der Waals surface area (Å²) in [7, 11) is 0. The highest BCUT2D eigenvalue weighted by Crippen LogP contribution is 2.27. The van der Waals surface area contributed by atoms with Gasteiger partial charge in [0.2, 0.25) is 5.91 Å². The maximum Gasteiger partial charge on any atom is 0.225 e. The van der Waals surface area contributed by atoms with E-state index < -0.39 is 6.10 Å². The van der Waals surface area contributed by atoms with Gasteiger partial charge in [0, 0.05) is 13.1 Å². The minimum atomic E-state index is -0.478. The van der Waals surface area contributed by atoms with Crippen LogP contribution < -0.4 is 0 Å². The van der Waals surface area contributed by atoms with E-state index in [9.17, 15) is 15.0 Å². The van der Waals surface area contributed by atoms with Crippen molar-refractivity contribution < 1.29 is 15.0 Å². The molecule has 2 rings (SSSR count). The third-order valence-electron chi connectivity index (χ3n) is 3.19. The Labute approximate surface area is 83.5 Å². The second-order valence-corrected chi connectivity index (χ2v) is 4.49. The van der Waals surface area contributed by atoms with Gasteiger partial charge < -0.3 is 15.1 Å². The van der Waals surface area contributed by atoms with Gasteiger partial charge in [0.15, 0.2) is 0 Å². The van der Waals surface area contributed by atoms with Crippen LogP contribution in [0.15, 0.2) is 0 Å². The number of likely N-dealkylation sites (tertiary alicyclic amines) is 1. The highest BCUT2D eigenvalue weighted by molar-refractivity contribution is 5.79. The van der Waals surface area contributed by atoms with E-state index >= 15 is 0 Å². The maximum absolute atomic E-state index is 11.4. The fraction of sp³-hybridized carbons (Fsp3) is 0.900. The van der Waals surface area contributed by atoms with E-state index in [1.165, 1.54) is 0 Å². The Morgan fingerprint density at radius 1 is 1.29 bits per heavy atom. The van der Waals surface area contributed by atoms with Gasteiger partial charge in [0.1, 0.15) is 0 Å². The number of aliphatic hydroxyl groups excluding tert-OH is 2. The number of rotatable bonds is 2. The Balaban J connectivity index is 1.83. The molecule has 0 aromatic rings. The lowest BCUT2D eigenvalue weighted by molar-refractivity contribution is -0.128. The summed E-state index contributed by atoms with van der Waals surface area (Å²) < 4.78 is 0. The van der Waals surface area contributed by atoms with E-state index in [2.05, 4.69) is 0 Å². The molecule has 1 aliphatic heterocycles. The number of aliphatic hydroxyl groups is 2. The van der Waals surface area contributed by atoms with E-state index in [1.54, 1.807) is 4.90 Å². The molecule has 4 nitrogen and oxygen atoms in total. The molecule has 0 aromatic carbocycles. The maximum atomic E-state index is 11.4. The number of hydrogen-bond donors (Lipinski definition) is 2. The fourth-order valence-corrected chi connectivity index (χ4v) is 2.45. The molecule has 0 radical (unpaired) electrons. The summed E-state index contributed by atoms with van der Waals surface area (Å²) in [5, 5.41) is 18.6. The zero-order valence-corrected chi connectivity index (χ0v) is 8.22. The first-order chi connectivity index (χ1) is 6.65. The predicted molar refractivity (Wildman–Crippen MR) is 50.6 cm³/mol. The lowest BCUT2D eigenvalue weighted by atomic mass is 10.1. The van der Waals surface area contributed by atoms with Crippen LogP contribution in [0.2, 0.25) is 0 Å². The molecule has 1 amide bonds. The molecule has 0 spiro atoms. The van der Waals surface area contributed by atoms with E-state index in [-0.39, 0.29) is 18.4 Å². The zero-order chi connectivity index (χ0) is 10.1. The summed E-state index contributed by atoms with van der Waals surface area (Å²) in [6.45, 7) is 1.19. The van der Waals surface area contributed by atoms with E-state index in [0.717, 1.165) is 19.3 Å². The average molecular weight is 199 g/mol. The molecular weight excluding hydrogens is 182 g/mol. The molecule has 80 valence electrons. The highest BCUT2D eigenvalue weighted by atomic mass is 16.3. The second kappa shape index (κ2) is 3.87. The molecule has 1 saturated heterocycles. The largest absolute Gasteiger partial charge is 0.393 e. The van der Waals surface area contributed by atoms with E-state index in [0.29, 0.717) is 19.0 Å². The number of nitrogens with zero attached hydrogens (tertiary/aromatic N) is 1. The molecule has 3 atom stereocenters. The van der Waals surface area contributed by atoms with Gasteiger partial charge in [-0.25, -0.2) is 0 Å². The Bertz CT molecular complexity index is 231. The van der Waals surface area contributed by atoms with Crippen molar-refractivity contribution in [2.45, 2.75) is 37.9 Å². The second-order valence-electron chi connectivity index (χ2n) is 4.49. The molecular formula is C10H17NO3. The first-order valence-corrected chi connectivity index (χ1v) is 5.29. The summed E-state index contributed by atoms with van der Waals surface area (Å²) in [6.07, 6.45) is 2.28. The molecule has 1 saturated carbocycles. The van der Waals surface area contributed by atoms with Crippen molar-refractivity contribution in [1.82, 2.24) is 4.90 Å². The fourth-order valence-electron chi connectivity index (χ4n) is 2.45. The SMILES string of the molecule is O=C1CC(O)CN1CC1CCC(O)C1. The summed E-state index contributed by atoms with van der Waals surface area (Å²) in [5.41, 5.74) is 0. The molecule has 4 heteroatoms. The van der Waals surface area contributed by atoms with E-state index in [4.69, 9.17) is 0 Å². The lowest BCUT2D eigenvalue weighted by Crippen LogP contribution is -2.30. The van der Waals surface area contributed by atoms with Crippen molar-refractivity contribution in [2.75, 3.05) is 13.1 Å². The Morgan fingerprint density at radius 2 is 2.07 bits per heavy atom. The number of β-amino-alcohol motifs (C(OH)–C–C–N with tert-alkyl or cyclic N) is 1. The number of carbonyl (C=O) groups is 1. The van der Waals surface area contributed by atoms with Gasteiger partial charge in [-0.2, -0.15) is 0 Å². The van der Waals surface area contributed by atoms with Gasteiger partial charge >= 0.3 is 0 Å². The van der Waals surface area contributed by atoms with Crippen LogP contribution in [0, 0.1) is 5.92 Å². The Morgan fingerprint density at radius 3 is 2.57 bits per heavy atom. The van der Waals surface area contributed by atoms with Crippen LogP contribution in [0.25, 0.3) is 0 Å². The van der Waals surface area contributed by atoms with Crippen LogP contribution in [0.3, 0.4) is 0 Å². The molecule has 3 unspecified atom stereocenters. The van der Waals surface area contributed by atoms with Crippen LogP contribution in [0.4, 0.5) is 0 Å². The molecule has 0 bridgehead atoms. The average Bonchev–Trinajstić information content (AvgIpc) is 2.61. The third-order valence-corrected chi connectivity index (χ3v) is 3.19. The number of carbonyl (C=O) groups excluding carboxylic acids is 1. The molecule has 1 aliphatic carbocycles. The summed E-state index contributed by atoms with van der Waals surface area (Å²) in [6, 6.07) is 0. The monoisotopic (exact) mass is 199 g/mol. The van der Waals surface area contributed by atoms with Crippen molar-refractivity contribution in [3.8, 4) is 0 Å². The predicted octanol–water partition coefficient (Wildman–Crippen LogP) is -0.259. The van der Waals surface area contributed by atoms with Crippen LogP contribution in [-0.4, -0.2) is 46.3 Å². The van der Waals surface area contributed by atoms with Gasteiger partial charge in [-0.15, -0.1) is 0 Å². The summed E-state index contributed by atoms with van der Waals surface area (Å²) in [5.74, 6) is 0.484. The van der Waals surface area contributed by atoms with Gasteiger partial charge in [0.25, 0.3) is 0 Å². The molecule has 2 aliphatic rings. The van der Waals surface area contributed by atoms with Crippen LogP contribution in [-0.2, 0) is 4.79 Å². The Kier molecular flexibility index (Phi) is 2.74. The van der Waals surface area contributed by atoms with Gasteiger partial charge in [0.05, 0.1) is 18.6 Å². The van der Waals surface area contributed by atoms with Crippen molar-refractivity contribution in [2.24, 2.45) is 5.92 Å². The first-order valence-electron chi connectivity index (χ1n) is 5.29. The smallest absolute Gasteiger partial charge is 0.225 e. The molecule has 2 N–H and O–H groups in total. The van der Waals surface area contributed by atoms with Crippen LogP contribution in [0.5, 0.6) is 0 Å². The molecule has 0 aromatic heterocycles. The van der Waals surface area contributed by atoms with Crippen molar-refractivity contribution >= 4 is 5.91 Å². The third kappa shape index (κ3) is 2.07. The van der Waals surface area contributed by atoms with Gasteiger partial charge in [-0.1, -0.05) is 0 Å². The minimum absolute atomic E-state index is 0.0545. The van der Waals surface area contributed by atoms with E-state index in [1.807, 2.05) is 0 Å². The van der Waals surface area contributed by atoms with Crippen LogP contribution >= 0.6 is 0 Å². The zero-order valence-electron chi connectivity index (χ0n) is 8.22. The van der Waals surface area contributed by atoms with Gasteiger partial charge in [-0.05, 0) is 25.2 Å². The lowest BCUT2D eigenvalue weighted by Gasteiger charge is -2.19. The molecule has 14 heavy (non-hydrogen) atoms. The Hall–Kier alpha value is -0.610. The van der Waals surface area contributed by atoms with Gasteiger partial charge in [-0.3, -0.25) is 4.79 Å². The molecule has 1 heterocycles. The van der Waals surface area contributed by atoms with Crippen molar-refractivity contribution in [1.29, 1.82) is 0 Å². The van der Waals surface area contributed by atoms with Crippen LogP contribution in [0.1, 0.15) is 25.7 Å². The number of hydrogen-bond acceptors (Lipinski definition) is 3. The topological polar surface area (TPSA) is 60.8 Å². The quantitative estimate of drug-likeness (QED) is 0.644. The molecule has 2 fully saturated rings. The van der Waals surface area contributed by atoms with Crippen molar-refractivity contribution in [3.05, 3.63) is 0 Å². The standard InChI is InChI=1S/C10H17NO3/c12-8-2-1-7(3-8)5-11-6-9(13)4-10(11)14/h7-9,12-13H,1-6H2. The van der Waals surface area contributed by atoms with Crippen molar-refractivity contribution in [3.63, 3.8) is 0 Å². The number of amides is 1. The first kappa shape index (κ1) is 9.93. The normalized spacial score (nSPS) is 38.3. The summed E-state index contributed by atoms with van der Waals surface area (Å²) in [4.78, 5) is 13.1. The minimum Gasteiger partial charge on any atom is -0.393 e. The summed E-state index contributed by atoms with van der Waals surface area (Å²) >= 11 is 0.